The molecule has 4 aromatic carbocycles. The minimum absolute atomic E-state index is 0.0282. The molecular formula is C39H38F4N4O5. The molecule has 0 aliphatic carbocycles. The number of piperidine rings is 1. The number of hydrogen-bond acceptors (Lipinski definition) is 5. The first-order chi connectivity index (χ1) is 24.8. The second-order valence-electron chi connectivity index (χ2n) is 13.5. The molecule has 2 atom stereocenters. The Morgan fingerprint density at radius 1 is 0.885 bits per heavy atom. The van der Waals surface area contributed by atoms with Crippen molar-refractivity contribution in [1.29, 1.82) is 0 Å². The third-order valence-electron chi connectivity index (χ3n) is 9.49. The number of carbonyl (C=O) groups is 3. The standard InChI is InChI=1S/C39H38F4N4O5/c1-39(2)37(49)47(16-15-45(21-24-9-5-3-6-10-24)22-25-11-7-4-8-12-25)34-18-28(30(41)20-35(34)52-39)36(48)44-33-23-46(38(50)51)14-13-26(33)27-17-31(42)32(43)19-29(27)40/h3-12,17-20,26,33H,13-16,21-23H2,1-2H3,(H,44,48)(H,50,51)/t26-,33+/m1/s1. The highest BCUT2D eigenvalue weighted by molar-refractivity contribution is 6.04. The molecule has 0 spiro atoms. The molecule has 0 saturated carbocycles. The zero-order chi connectivity index (χ0) is 37.2. The summed E-state index contributed by atoms with van der Waals surface area (Å²) >= 11 is 0. The largest absolute Gasteiger partial charge is 0.476 e. The van der Waals surface area contributed by atoms with Crippen LogP contribution in [-0.4, -0.2) is 70.6 Å². The summed E-state index contributed by atoms with van der Waals surface area (Å²) in [6, 6.07) is 21.9. The van der Waals surface area contributed by atoms with Crippen molar-refractivity contribution in [3.63, 3.8) is 0 Å². The molecule has 0 unspecified atom stereocenters. The van der Waals surface area contributed by atoms with E-state index < -0.39 is 64.3 Å². The molecule has 1 saturated heterocycles. The molecule has 0 aromatic heterocycles. The molecule has 2 heterocycles. The van der Waals surface area contributed by atoms with Crippen molar-refractivity contribution < 1.29 is 41.8 Å². The van der Waals surface area contributed by atoms with Gasteiger partial charge in [-0.1, -0.05) is 60.7 Å². The number of carboxylic acid groups (broad SMARTS) is 1. The summed E-state index contributed by atoms with van der Waals surface area (Å²) in [5, 5.41) is 12.2. The van der Waals surface area contributed by atoms with Crippen molar-refractivity contribution in [2.75, 3.05) is 31.1 Å². The summed E-state index contributed by atoms with van der Waals surface area (Å²) in [5.74, 6) is -7.03. The predicted molar refractivity (Wildman–Crippen MR) is 185 cm³/mol. The third-order valence-corrected chi connectivity index (χ3v) is 9.49. The van der Waals surface area contributed by atoms with E-state index in [1.165, 1.54) is 11.0 Å². The van der Waals surface area contributed by atoms with E-state index in [0.717, 1.165) is 22.1 Å². The van der Waals surface area contributed by atoms with E-state index in [1.54, 1.807) is 13.8 Å². The molecule has 2 N–H and O–H groups in total. The first-order valence-electron chi connectivity index (χ1n) is 16.9. The molecule has 0 radical (unpaired) electrons. The lowest BCUT2D eigenvalue weighted by molar-refractivity contribution is -0.132. The van der Waals surface area contributed by atoms with Gasteiger partial charge in [0.1, 0.15) is 17.4 Å². The molecule has 2 aliphatic rings. The highest BCUT2D eigenvalue weighted by Crippen LogP contribution is 2.40. The first kappa shape index (κ1) is 36.4. The highest BCUT2D eigenvalue weighted by atomic mass is 19.2. The lowest BCUT2D eigenvalue weighted by atomic mass is 9.84. The van der Waals surface area contributed by atoms with E-state index in [1.807, 2.05) is 60.7 Å². The molecule has 52 heavy (non-hydrogen) atoms. The fourth-order valence-electron chi connectivity index (χ4n) is 6.84. The molecule has 6 rings (SSSR count). The van der Waals surface area contributed by atoms with E-state index in [4.69, 9.17) is 4.74 Å². The molecule has 1 fully saturated rings. The van der Waals surface area contributed by atoms with Gasteiger partial charge in [-0.15, -0.1) is 0 Å². The van der Waals surface area contributed by atoms with Crippen LogP contribution in [0.15, 0.2) is 84.9 Å². The van der Waals surface area contributed by atoms with Gasteiger partial charge in [0.05, 0.1) is 17.3 Å². The van der Waals surface area contributed by atoms with Gasteiger partial charge in [-0.25, -0.2) is 22.4 Å². The van der Waals surface area contributed by atoms with Crippen molar-refractivity contribution in [2.45, 2.75) is 50.9 Å². The Morgan fingerprint density at radius 3 is 2.12 bits per heavy atom. The van der Waals surface area contributed by atoms with Gasteiger partial charge in [-0.3, -0.25) is 14.5 Å². The van der Waals surface area contributed by atoms with Gasteiger partial charge in [-0.05, 0) is 49.1 Å². The summed E-state index contributed by atoms with van der Waals surface area (Å²) in [6.07, 6.45) is -1.33. The average Bonchev–Trinajstić information content (AvgIpc) is 3.10. The SMILES string of the molecule is CC1(C)Oc2cc(F)c(C(=O)N[C@H]3CN(C(=O)O)CC[C@@H]3c3cc(F)c(F)cc3F)cc2N(CCN(Cc2ccccc2)Cc2ccccc2)C1=O. The Balaban J connectivity index is 1.29. The minimum atomic E-state index is -1.39. The minimum Gasteiger partial charge on any atom is -0.476 e. The molecule has 2 aliphatic heterocycles. The second kappa shape index (κ2) is 15.0. The molecule has 0 bridgehead atoms. The predicted octanol–water partition coefficient (Wildman–Crippen LogP) is 6.72. The normalized spacial score (nSPS) is 18.2. The maximum atomic E-state index is 15.7. The number of hydrogen-bond donors (Lipinski definition) is 2. The van der Waals surface area contributed by atoms with Crippen LogP contribution >= 0.6 is 0 Å². The number of carbonyl (C=O) groups excluding carboxylic acids is 2. The van der Waals surface area contributed by atoms with Gasteiger partial charge in [-0.2, -0.15) is 0 Å². The Hall–Kier alpha value is -5.43. The smallest absolute Gasteiger partial charge is 0.407 e. The van der Waals surface area contributed by atoms with Gasteiger partial charge < -0.3 is 25.0 Å². The maximum absolute atomic E-state index is 15.7. The number of amides is 3. The second-order valence-corrected chi connectivity index (χ2v) is 13.5. The van der Waals surface area contributed by atoms with Crippen molar-refractivity contribution in [3.05, 3.63) is 130 Å². The fraction of sp³-hybridized carbons (Fsp3) is 0.308. The van der Waals surface area contributed by atoms with Crippen LogP contribution in [-0.2, 0) is 17.9 Å². The average molecular weight is 719 g/mol. The summed E-state index contributed by atoms with van der Waals surface area (Å²) in [5.41, 5.74) is 0.231. The molecular weight excluding hydrogens is 680 g/mol. The van der Waals surface area contributed by atoms with E-state index in [0.29, 0.717) is 31.8 Å². The number of nitrogens with zero attached hydrogens (tertiary/aromatic N) is 3. The van der Waals surface area contributed by atoms with Crippen LogP contribution < -0.4 is 15.0 Å². The van der Waals surface area contributed by atoms with Crippen molar-refractivity contribution >= 4 is 23.6 Å². The summed E-state index contributed by atoms with van der Waals surface area (Å²) in [6.45, 7) is 4.49. The van der Waals surface area contributed by atoms with Crippen molar-refractivity contribution in [2.24, 2.45) is 0 Å². The molecule has 3 amide bonds. The zero-order valence-electron chi connectivity index (χ0n) is 28.6. The van der Waals surface area contributed by atoms with Crippen molar-refractivity contribution in [3.8, 4) is 5.75 Å². The first-order valence-corrected chi connectivity index (χ1v) is 16.9. The van der Waals surface area contributed by atoms with E-state index >= 15 is 4.39 Å². The fourth-order valence-corrected chi connectivity index (χ4v) is 6.84. The Kier molecular flexibility index (Phi) is 10.5. The van der Waals surface area contributed by atoms with Gasteiger partial charge in [0.25, 0.3) is 11.8 Å². The van der Waals surface area contributed by atoms with Crippen LogP contribution in [0.25, 0.3) is 0 Å². The molecule has 4 aromatic rings. The van der Waals surface area contributed by atoms with Crippen LogP contribution in [0.4, 0.5) is 28.0 Å². The van der Waals surface area contributed by atoms with Crippen LogP contribution in [0.1, 0.15) is 53.2 Å². The number of rotatable bonds is 10. The number of halogens is 4. The van der Waals surface area contributed by atoms with Gasteiger partial charge in [0.15, 0.2) is 17.2 Å². The Morgan fingerprint density at radius 2 is 1.50 bits per heavy atom. The number of anilines is 1. The number of fused-ring (bicyclic) bond motifs is 1. The number of ether oxygens (including phenoxy) is 1. The van der Waals surface area contributed by atoms with Crippen molar-refractivity contribution in [1.82, 2.24) is 15.1 Å². The molecule has 272 valence electrons. The Bertz CT molecular complexity index is 1920. The summed E-state index contributed by atoms with van der Waals surface area (Å²) in [7, 11) is 0. The quantitative estimate of drug-likeness (QED) is 0.140. The van der Waals surface area contributed by atoms with Crippen LogP contribution in [0, 0.1) is 23.3 Å². The maximum Gasteiger partial charge on any atom is 0.407 e. The number of nitrogens with one attached hydrogen (secondary N) is 1. The third kappa shape index (κ3) is 7.89. The van der Waals surface area contributed by atoms with E-state index in [9.17, 15) is 32.7 Å². The monoisotopic (exact) mass is 718 g/mol. The topological polar surface area (TPSA) is 102 Å². The van der Waals surface area contributed by atoms with Crippen LogP contribution in [0.3, 0.4) is 0 Å². The highest BCUT2D eigenvalue weighted by Gasteiger charge is 2.42. The van der Waals surface area contributed by atoms with E-state index in [2.05, 4.69) is 10.2 Å². The number of benzene rings is 4. The lowest BCUT2D eigenvalue weighted by Crippen LogP contribution is -2.54. The van der Waals surface area contributed by atoms with Gasteiger partial charge >= 0.3 is 6.09 Å². The Labute approximate surface area is 298 Å². The van der Waals surface area contributed by atoms with Gasteiger partial charge in [0, 0.05) is 57.3 Å². The lowest BCUT2D eigenvalue weighted by Gasteiger charge is -2.40. The molecule has 9 nitrogen and oxygen atoms in total. The molecule has 13 heteroatoms. The zero-order valence-corrected chi connectivity index (χ0v) is 28.6. The number of likely N-dealkylation sites (tertiary alicyclic amines) is 1. The van der Waals surface area contributed by atoms with Gasteiger partial charge in [0.2, 0.25) is 0 Å². The summed E-state index contributed by atoms with van der Waals surface area (Å²) < 4.78 is 64.5. The summed E-state index contributed by atoms with van der Waals surface area (Å²) in [4.78, 5) is 44.1. The van der Waals surface area contributed by atoms with E-state index in [-0.39, 0.29) is 43.1 Å². The van der Waals surface area contributed by atoms with Crippen LogP contribution in [0.2, 0.25) is 0 Å². The van der Waals surface area contributed by atoms with Crippen LogP contribution in [0.5, 0.6) is 5.75 Å².